The number of anilines is 2. The number of piperazine rings is 2. The van der Waals surface area contributed by atoms with E-state index < -0.39 is 0 Å². The summed E-state index contributed by atoms with van der Waals surface area (Å²) in [7, 11) is 0. The fraction of sp³-hybridized carbons (Fsp3) is 0.750. The Morgan fingerprint density at radius 3 is 1.93 bits per heavy atom. The van der Waals surface area contributed by atoms with Gasteiger partial charge in [0.1, 0.15) is 0 Å². The van der Waals surface area contributed by atoms with Crippen LogP contribution >= 0.6 is 0 Å². The Bertz CT molecular complexity index is 633. The standard InChI is InChI=1S/C20H32N6O2/c27-16-15-23-7-9-24(10-8-23)18-5-6-19(22-21-18)25-11-13-26(14-12-25)20(28)17-3-1-2-4-17/h5-6,17,27H,1-4,7-16H2. The summed E-state index contributed by atoms with van der Waals surface area (Å²) in [6.07, 6.45) is 4.55. The van der Waals surface area contributed by atoms with Crippen LogP contribution in [-0.4, -0.2) is 96.5 Å². The third-order valence-electron chi connectivity index (χ3n) is 6.37. The summed E-state index contributed by atoms with van der Waals surface area (Å²) in [4.78, 5) is 21.4. The van der Waals surface area contributed by atoms with Crippen molar-refractivity contribution in [2.24, 2.45) is 5.92 Å². The van der Waals surface area contributed by atoms with Crippen LogP contribution in [0, 0.1) is 5.92 Å². The topological polar surface area (TPSA) is 76.0 Å². The van der Waals surface area contributed by atoms with Crippen molar-refractivity contribution in [2.45, 2.75) is 25.7 Å². The molecule has 3 heterocycles. The highest BCUT2D eigenvalue weighted by Gasteiger charge is 2.29. The number of rotatable bonds is 5. The molecule has 2 saturated heterocycles. The predicted molar refractivity (Wildman–Crippen MR) is 109 cm³/mol. The van der Waals surface area contributed by atoms with Gasteiger partial charge in [0.15, 0.2) is 11.6 Å². The average molecular weight is 389 g/mol. The van der Waals surface area contributed by atoms with Gasteiger partial charge in [0, 0.05) is 64.8 Å². The van der Waals surface area contributed by atoms with E-state index in [-0.39, 0.29) is 12.5 Å². The van der Waals surface area contributed by atoms with E-state index in [1.807, 2.05) is 4.90 Å². The van der Waals surface area contributed by atoms with Crippen molar-refractivity contribution in [1.82, 2.24) is 20.0 Å². The van der Waals surface area contributed by atoms with E-state index in [0.29, 0.717) is 5.91 Å². The van der Waals surface area contributed by atoms with E-state index in [1.165, 1.54) is 12.8 Å². The first-order valence-electron chi connectivity index (χ1n) is 10.7. The molecule has 1 N–H and O–H groups in total. The highest BCUT2D eigenvalue weighted by Crippen LogP contribution is 2.27. The maximum atomic E-state index is 12.6. The number of aliphatic hydroxyl groups excluding tert-OH is 1. The van der Waals surface area contributed by atoms with Gasteiger partial charge < -0.3 is 19.8 Å². The summed E-state index contributed by atoms with van der Waals surface area (Å²) in [6, 6.07) is 4.11. The van der Waals surface area contributed by atoms with E-state index in [9.17, 15) is 4.79 Å². The third kappa shape index (κ3) is 4.38. The second kappa shape index (κ2) is 9.05. The lowest BCUT2D eigenvalue weighted by Gasteiger charge is -2.37. The molecule has 0 bridgehead atoms. The summed E-state index contributed by atoms with van der Waals surface area (Å²) in [5, 5.41) is 18.0. The van der Waals surface area contributed by atoms with Crippen molar-refractivity contribution >= 4 is 17.5 Å². The number of hydrogen-bond acceptors (Lipinski definition) is 7. The lowest BCUT2D eigenvalue weighted by molar-refractivity contribution is -0.135. The zero-order chi connectivity index (χ0) is 19.3. The molecule has 1 saturated carbocycles. The van der Waals surface area contributed by atoms with E-state index >= 15 is 0 Å². The molecule has 0 aromatic carbocycles. The van der Waals surface area contributed by atoms with Crippen LogP contribution < -0.4 is 9.80 Å². The predicted octanol–water partition coefficient (Wildman–Crippen LogP) is 0.430. The Kier molecular flexibility index (Phi) is 6.26. The molecule has 0 unspecified atom stereocenters. The monoisotopic (exact) mass is 388 g/mol. The number of amides is 1. The van der Waals surface area contributed by atoms with Crippen molar-refractivity contribution in [1.29, 1.82) is 0 Å². The quantitative estimate of drug-likeness (QED) is 0.784. The minimum absolute atomic E-state index is 0.216. The summed E-state index contributed by atoms with van der Waals surface area (Å²) in [6.45, 7) is 7.89. The Balaban J connectivity index is 1.27. The van der Waals surface area contributed by atoms with Crippen molar-refractivity contribution < 1.29 is 9.90 Å². The summed E-state index contributed by atoms with van der Waals surface area (Å²) in [5.41, 5.74) is 0. The van der Waals surface area contributed by atoms with Gasteiger partial charge in [-0.3, -0.25) is 9.69 Å². The first-order chi connectivity index (χ1) is 13.7. The zero-order valence-corrected chi connectivity index (χ0v) is 16.7. The number of nitrogens with zero attached hydrogens (tertiary/aromatic N) is 6. The van der Waals surface area contributed by atoms with Crippen LogP contribution in [0.5, 0.6) is 0 Å². The first-order valence-corrected chi connectivity index (χ1v) is 10.7. The normalized spacial score (nSPS) is 22.1. The van der Waals surface area contributed by atoms with Crippen molar-refractivity contribution in [3.8, 4) is 0 Å². The fourth-order valence-electron chi connectivity index (χ4n) is 4.58. The van der Waals surface area contributed by atoms with Crippen LogP contribution in [0.25, 0.3) is 0 Å². The van der Waals surface area contributed by atoms with Crippen LogP contribution in [0.15, 0.2) is 12.1 Å². The molecule has 1 aromatic rings. The Hall–Kier alpha value is -1.93. The largest absolute Gasteiger partial charge is 0.395 e. The molecule has 8 heteroatoms. The fourth-order valence-corrected chi connectivity index (χ4v) is 4.58. The Morgan fingerprint density at radius 1 is 0.893 bits per heavy atom. The molecule has 0 spiro atoms. The molecule has 1 amide bonds. The first kappa shape index (κ1) is 19.4. The SMILES string of the molecule is O=C(C1CCCC1)N1CCN(c2ccc(N3CCN(CCO)CC3)nn2)CC1. The summed E-state index contributed by atoms with van der Waals surface area (Å²) in [5.74, 6) is 2.44. The van der Waals surface area contributed by atoms with E-state index in [2.05, 4.69) is 37.0 Å². The molecule has 4 rings (SSSR count). The lowest BCUT2D eigenvalue weighted by atomic mass is 10.1. The maximum absolute atomic E-state index is 12.6. The average Bonchev–Trinajstić information content (AvgIpc) is 3.29. The van der Waals surface area contributed by atoms with Crippen LogP contribution in [0.2, 0.25) is 0 Å². The number of carbonyl (C=O) groups is 1. The van der Waals surface area contributed by atoms with Gasteiger partial charge in [-0.05, 0) is 25.0 Å². The molecule has 2 aliphatic heterocycles. The minimum atomic E-state index is 0.216. The number of carbonyl (C=O) groups excluding carboxylic acids is 1. The number of aromatic nitrogens is 2. The summed E-state index contributed by atoms with van der Waals surface area (Å²) < 4.78 is 0. The van der Waals surface area contributed by atoms with Crippen molar-refractivity contribution in [3.05, 3.63) is 12.1 Å². The Labute approximate surface area is 167 Å². The van der Waals surface area contributed by atoms with Gasteiger partial charge in [-0.25, -0.2) is 0 Å². The number of aliphatic hydroxyl groups is 1. The molecular formula is C20H32N6O2. The molecular weight excluding hydrogens is 356 g/mol. The van der Waals surface area contributed by atoms with Gasteiger partial charge in [-0.15, -0.1) is 10.2 Å². The molecule has 0 radical (unpaired) electrons. The zero-order valence-electron chi connectivity index (χ0n) is 16.7. The van der Waals surface area contributed by atoms with Crippen LogP contribution in [0.1, 0.15) is 25.7 Å². The number of β-amino-alcohol motifs (C(OH)–C–C–N with tert-alkyl or cyclic N) is 1. The van der Waals surface area contributed by atoms with Gasteiger partial charge in [0.2, 0.25) is 5.91 Å². The van der Waals surface area contributed by atoms with Crippen LogP contribution in [0.4, 0.5) is 11.6 Å². The van der Waals surface area contributed by atoms with Crippen LogP contribution in [-0.2, 0) is 4.79 Å². The highest BCUT2D eigenvalue weighted by atomic mass is 16.3. The van der Waals surface area contributed by atoms with Gasteiger partial charge in [-0.2, -0.15) is 0 Å². The molecule has 0 atom stereocenters. The molecule has 3 aliphatic rings. The van der Waals surface area contributed by atoms with E-state index in [4.69, 9.17) is 5.11 Å². The molecule has 8 nitrogen and oxygen atoms in total. The van der Waals surface area contributed by atoms with Gasteiger partial charge in [0.05, 0.1) is 6.61 Å². The molecule has 28 heavy (non-hydrogen) atoms. The third-order valence-corrected chi connectivity index (χ3v) is 6.37. The highest BCUT2D eigenvalue weighted by molar-refractivity contribution is 5.79. The van der Waals surface area contributed by atoms with Gasteiger partial charge in [0.25, 0.3) is 0 Å². The van der Waals surface area contributed by atoms with E-state index in [1.54, 1.807) is 0 Å². The van der Waals surface area contributed by atoms with E-state index in [0.717, 1.165) is 83.4 Å². The van der Waals surface area contributed by atoms with Crippen LogP contribution in [0.3, 0.4) is 0 Å². The summed E-state index contributed by atoms with van der Waals surface area (Å²) >= 11 is 0. The minimum Gasteiger partial charge on any atom is -0.395 e. The number of hydrogen-bond donors (Lipinski definition) is 1. The van der Waals surface area contributed by atoms with Gasteiger partial charge in [-0.1, -0.05) is 12.8 Å². The van der Waals surface area contributed by atoms with Crippen molar-refractivity contribution in [2.75, 3.05) is 75.3 Å². The second-order valence-electron chi connectivity index (χ2n) is 8.10. The second-order valence-corrected chi connectivity index (χ2v) is 8.10. The van der Waals surface area contributed by atoms with Crippen molar-refractivity contribution in [3.63, 3.8) is 0 Å². The Morgan fingerprint density at radius 2 is 1.43 bits per heavy atom. The maximum Gasteiger partial charge on any atom is 0.225 e. The molecule has 3 fully saturated rings. The smallest absolute Gasteiger partial charge is 0.225 e. The van der Waals surface area contributed by atoms with Gasteiger partial charge >= 0.3 is 0 Å². The molecule has 1 aromatic heterocycles. The molecule has 1 aliphatic carbocycles. The lowest BCUT2D eigenvalue weighted by Crippen LogP contribution is -2.50. The molecule has 154 valence electrons.